The van der Waals surface area contributed by atoms with E-state index in [1.807, 2.05) is 0 Å². The molecule has 1 rings (SSSR count). The molecule has 1 aromatic carbocycles. The van der Waals surface area contributed by atoms with E-state index in [1.165, 1.54) is 21.3 Å². The quantitative estimate of drug-likeness (QED) is 0.543. The number of hydrogen-bond donors (Lipinski definition) is 0. The third-order valence-electron chi connectivity index (χ3n) is 1.98. The lowest BCUT2D eigenvalue weighted by molar-refractivity contribution is 0.0502. The minimum absolute atomic E-state index is 0.0527. The highest BCUT2D eigenvalue weighted by atomic mass is 16.7. The smallest absolute Gasteiger partial charge is 0.188 e. The van der Waals surface area contributed by atoms with E-state index in [-0.39, 0.29) is 6.79 Å². The number of aldehydes is 1. The second kappa shape index (κ2) is 5.97. The molecule has 0 fully saturated rings. The molecule has 5 nitrogen and oxygen atoms in total. The highest BCUT2D eigenvalue weighted by Gasteiger charge is 2.12. The van der Waals surface area contributed by atoms with Crippen LogP contribution in [0.2, 0.25) is 0 Å². The summed E-state index contributed by atoms with van der Waals surface area (Å²) in [6.07, 6.45) is 0.670. The summed E-state index contributed by atoms with van der Waals surface area (Å²) in [5.41, 5.74) is 0.334. The first-order valence-corrected chi connectivity index (χ1v) is 4.59. The lowest BCUT2D eigenvalue weighted by Crippen LogP contribution is -2.03. The Bertz CT molecular complexity index is 362. The fourth-order valence-electron chi connectivity index (χ4n) is 1.22. The Morgan fingerprint density at radius 1 is 1.12 bits per heavy atom. The zero-order chi connectivity index (χ0) is 12.0. The van der Waals surface area contributed by atoms with E-state index in [2.05, 4.69) is 0 Å². The van der Waals surface area contributed by atoms with Crippen molar-refractivity contribution in [3.05, 3.63) is 17.7 Å². The molecule has 0 unspecified atom stereocenters. The van der Waals surface area contributed by atoms with E-state index in [4.69, 9.17) is 18.9 Å². The summed E-state index contributed by atoms with van der Waals surface area (Å²) < 4.78 is 20.1. The van der Waals surface area contributed by atoms with E-state index in [1.54, 1.807) is 12.1 Å². The number of carbonyl (C=O) groups excluding carboxylic acids is 1. The average Bonchev–Trinajstić information content (AvgIpc) is 2.34. The highest BCUT2D eigenvalue weighted by Crippen LogP contribution is 2.32. The molecule has 1 aromatic rings. The molecule has 0 spiro atoms. The molecule has 0 saturated carbocycles. The summed E-state index contributed by atoms with van der Waals surface area (Å²) in [6, 6.07) is 3.22. The van der Waals surface area contributed by atoms with Gasteiger partial charge >= 0.3 is 0 Å². The van der Waals surface area contributed by atoms with Gasteiger partial charge in [-0.15, -0.1) is 0 Å². The molecular weight excluding hydrogens is 212 g/mol. The van der Waals surface area contributed by atoms with Crippen molar-refractivity contribution in [3.63, 3.8) is 0 Å². The summed E-state index contributed by atoms with van der Waals surface area (Å²) in [5, 5.41) is 0. The summed E-state index contributed by atoms with van der Waals surface area (Å²) in [4.78, 5) is 10.9. The molecule has 0 bridgehead atoms. The van der Waals surface area contributed by atoms with Crippen molar-refractivity contribution in [3.8, 4) is 17.2 Å². The van der Waals surface area contributed by atoms with Gasteiger partial charge < -0.3 is 18.9 Å². The topological polar surface area (TPSA) is 54.0 Å². The first kappa shape index (κ1) is 12.3. The number of hydrogen-bond acceptors (Lipinski definition) is 5. The van der Waals surface area contributed by atoms with E-state index < -0.39 is 0 Å². The molecule has 16 heavy (non-hydrogen) atoms. The lowest BCUT2D eigenvalue weighted by atomic mass is 10.2. The maximum absolute atomic E-state index is 10.9. The minimum atomic E-state index is 0.0527. The molecule has 0 heterocycles. The van der Waals surface area contributed by atoms with Crippen LogP contribution >= 0.6 is 0 Å². The normalized spacial score (nSPS) is 9.69. The van der Waals surface area contributed by atoms with E-state index >= 15 is 0 Å². The van der Waals surface area contributed by atoms with Crippen LogP contribution in [0, 0.1) is 0 Å². The van der Waals surface area contributed by atoms with Gasteiger partial charge in [-0.25, -0.2) is 0 Å². The summed E-state index contributed by atoms with van der Waals surface area (Å²) >= 11 is 0. The standard InChI is InChI=1S/C11H14O5/c1-13-7-16-11-5-8(14-2)4-10(15-3)9(11)6-12/h4-6H,7H2,1-3H3. The number of ether oxygens (including phenoxy) is 4. The van der Waals surface area contributed by atoms with Crippen molar-refractivity contribution in [2.75, 3.05) is 28.1 Å². The fourth-order valence-corrected chi connectivity index (χ4v) is 1.22. The van der Waals surface area contributed by atoms with Crippen LogP contribution in [0.15, 0.2) is 12.1 Å². The first-order valence-electron chi connectivity index (χ1n) is 4.59. The van der Waals surface area contributed by atoms with Crippen LogP contribution in [0.25, 0.3) is 0 Å². The molecule has 0 aliphatic carbocycles. The molecule has 0 aromatic heterocycles. The predicted molar refractivity (Wildman–Crippen MR) is 57.4 cm³/mol. The molecule has 0 radical (unpaired) electrons. The van der Waals surface area contributed by atoms with Crippen LogP contribution in [-0.2, 0) is 4.74 Å². The highest BCUT2D eigenvalue weighted by molar-refractivity contribution is 5.84. The third kappa shape index (κ3) is 2.64. The minimum Gasteiger partial charge on any atom is -0.496 e. The molecule has 5 heteroatoms. The van der Waals surface area contributed by atoms with Gasteiger partial charge in [-0.1, -0.05) is 0 Å². The molecular formula is C11H14O5. The maximum atomic E-state index is 10.9. The monoisotopic (exact) mass is 226 g/mol. The number of rotatable bonds is 6. The Balaban J connectivity index is 3.14. The van der Waals surface area contributed by atoms with Gasteiger partial charge in [0.25, 0.3) is 0 Å². The van der Waals surface area contributed by atoms with Gasteiger partial charge in [0.05, 0.1) is 19.8 Å². The van der Waals surface area contributed by atoms with Crippen LogP contribution in [0.4, 0.5) is 0 Å². The van der Waals surface area contributed by atoms with Gasteiger partial charge in [-0.2, -0.15) is 0 Å². The van der Waals surface area contributed by atoms with Gasteiger partial charge in [0.1, 0.15) is 17.2 Å². The van der Waals surface area contributed by atoms with Crippen LogP contribution < -0.4 is 14.2 Å². The molecule has 88 valence electrons. The van der Waals surface area contributed by atoms with Crippen LogP contribution in [0.5, 0.6) is 17.2 Å². The van der Waals surface area contributed by atoms with Crippen LogP contribution in [0.3, 0.4) is 0 Å². The van der Waals surface area contributed by atoms with Gasteiger partial charge in [0, 0.05) is 19.2 Å². The van der Waals surface area contributed by atoms with Crippen molar-refractivity contribution >= 4 is 6.29 Å². The fraction of sp³-hybridized carbons (Fsp3) is 0.364. The predicted octanol–water partition coefficient (Wildman–Crippen LogP) is 1.50. The molecule has 0 aliphatic heterocycles. The van der Waals surface area contributed by atoms with Gasteiger partial charge in [0.2, 0.25) is 0 Å². The van der Waals surface area contributed by atoms with Gasteiger partial charge in [0.15, 0.2) is 13.1 Å². The SMILES string of the molecule is COCOc1cc(OC)cc(OC)c1C=O. The Morgan fingerprint density at radius 2 is 1.81 bits per heavy atom. The largest absolute Gasteiger partial charge is 0.496 e. The Hall–Kier alpha value is -1.75. The van der Waals surface area contributed by atoms with E-state index in [0.29, 0.717) is 29.1 Å². The molecule has 0 saturated heterocycles. The number of methoxy groups -OCH3 is 3. The Kier molecular flexibility index (Phi) is 4.60. The van der Waals surface area contributed by atoms with Crippen LogP contribution in [-0.4, -0.2) is 34.4 Å². The van der Waals surface area contributed by atoms with Crippen molar-refractivity contribution in [1.29, 1.82) is 0 Å². The van der Waals surface area contributed by atoms with Gasteiger partial charge in [-0.3, -0.25) is 4.79 Å². The zero-order valence-electron chi connectivity index (χ0n) is 9.48. The van der Waals surface area contributed by atoms with Crippen molar-refractivity contribution < 1.29 is 23.7 Å². The second-order valence-corrected chi connectivity index (χ2v) is 2.91. The maximum Gasteiger partial charge on any atom is 0.188 e. The van der Waals surface area contributed by atoms with Crippen molar-refractivity contribution in [1.82, 2.24) is 0 Å². The Labute approximate surface area is 93.9 Å². The first-order chi connectivity index (χ1) is 7.76. The van der Waals surface area contributed by atoms with E-state index in [9.17, 15) is 4.79 Å². The lowest BCUT2D eigenvalue weighted by Gasteiger charge is -2.12. The molecule has 0 aliphatic rings. The van der Waals surface area contributed by atoms with E-state index in [0.717, 1.165) is 0 Å². The van der Waals surface area contributed by atoms with Crippen molar-refractivity contribution in [2.45, 2.75) is 0 Å². The van der Waals surface area contributed by atoms with Gasteiger partial charge in [-0.05, 0) is 0 Å². The summed E-state index contributed by atoms with van der Waals surface area (Å²) in [5.74, 6) is 1.32. The molecule has 0 amide bonds. The summed E-state index contributed by atoms with van der Waals surface area (Å²) in [7, 11) is 4.50. The third-order valence-corrected chi connectivity index (χ3v) is 1.98. The van der Waals surface area contributed by atoms with Crippen LogP contribution in [0.1, 0.15) is 10.4 Å². The second-order valence-electron chi connectivity index (χ2n) is 2.91. The summed E-state index contributed by atoms with van der Waals surface area (Å²) in [6.45, 7) is 0.0527. The molecule has 0 N–H and O–H groups in total. The average molecular weight is 226 g/mol. The number of carbonyl (C=O) groups is 1. The zero-order valence-corrected chi connectivity index (χ0v) is 9.48. The molecule has 0 atom stereocenters. The Morgan fingerprint density at radius 3 is 2.31 bits per heavy atom. The number of benzene rings is 1. The van der Waals surface area contributed by atoms with Crippen molar-refractivity contribution in [2.24, 2.45) is 0 Å².